The van der Waals surface area contributed by atoms with Gasteiger partial charge in [0.15, 0.2) is 0 Å². The lowest BCUT2D eigenvalue weighted by Crippen LogP contribution is -2.28. The molecule has 0 aliphatic heterocycles. The number of hydrogen-bond acceptors (Lipinski definition) is 3. The zero-order valence-electron chi connectivity index (χ0n) is 9.37. The fraction of sp³-hybridized carbons (Fsp3) is 0.818. The molecule has 1 fully saturated rings. The summed E-state index contributed by atoms with van der Waals surface area (Å²) in [5.41, 5.74) is 0. The minimum atomic E-state index is 0.384. The predicted octanol–water partition coefficient (Wildman–Crippen LogP) is 2.04. The molecule has 1 aliphatic rings. The van der Waals surface area contributed by atoms with Crippen molar-refractivity contribution in [1.82, 2.24) is 20.5 Å². The second-order valence-electron chi connectivity index (χ2n) is 4.35. The van der Waals surface area contributed by atoms with Crippen molar-refractivity contribution in [1.29, 1.82) is 0 Å². The van der Waals surface area contributed by atoms with Crippen LogP contribution in [-0.4, -0.2) is 21.7 Å². The molecule has 84 valence electrons. The van der Waals surface area contributed by atoms with Crippen molar-refractivity contribution in [2.45, 2.75) is 45.1 Å². The first-order valence-corrected chi connectivity index (χ1v) is 6.00. The maximum Gasteiger partial charge on any atom is 0.141 e. The molecule has 2 N–H and O–H groups in total. The van der Waals surface area contributed by atoms with Gasteiger partial charge in [0.1, 0.15) is 12.2 Å². The van der Waals surface area contributed by atoms with E-state index in [1.165, 1.54) is 25.7 Å². The summed E-state index contributed by atoms with van der Waals surface area (Å²) in [5, 5.41) is 10.5. The molecule has 15 heavy (non-hydrogen) atoms. The number of nitrogens with one attached hydrogen (secondary N) is 2. The van der Waals surface area contributed by atoms with E-state index in [0.29, 0.717) is 6.04 Å². The van der Waals surface area contributed by atoms with Crippen molar-refractivity contribution in [2.75, 3.05) is 6.54 Å². The highest BCUT2D eigenvalue weighted by Gasteiger charge is 2.27. The Kier molecular flexibility index (Phi) is 3.72. The Morgan fingerprint density at radius 2 is 2.33 bits per heavy atom. The van der Waals surface area contributed by atoms with E-state index < -0.39 is 0 Å². The summed E-state index contributed by atoms with van der Waals surface area (Å²) in [4.78, 5) is 4.28. The average molecular weight is 208 g/mol. The van der Waals surface area contributed by atoms with Gasteiger partial charge in [0.05, 0.1) is 6.04 Å². The second kappa shape index (κ2) is 5.26. The Balaban J connectivity index is 2.01. The van der Waals surface area contributed by atoms with Gasteiger partial charge < -0.3 is 5.32 Å². The molecule has 1 aromatic rings. The molecule has 0 bridgehead atoms. The molecule has 1 aromatic heterocycles. The van der Waals surface area contributed by atoms with Crippen molar-refractivity contribution in [3.63, 3.8) is 0 Å². The van der Waals surface area contributed by atoms with Gasteiger partial charge >= 0.3 is 0 Å². The van der Waals surface area contributed by atoms with Crippen LogP contribution in [0.4, 0.5) is 0 Å². The third-order valence-corrected chi connectivity index (χ3v) is 3.21. The minimum Gasteiger partial charge on any atom is -0.307 e. The Bertz CT molecular complexity index is 264. The Morgan fingerprint density at radius 3 is 2.93 bits per heavy atom. The summed E-state index contributed by atoms with van der Waals surface area (Å²) in [5.74, 6) is 1.75. The molecule has 4 nitrogen and oxygen atoms in total. The molecule has 0 aromatic carbocycles. The first-order valence-electron chi connectivity index (χ1n) is 6.00. The molecule has 1 heterocycles. The third-order valence-electron chi connectivity index (χ3n) is 3.21. The molecule has 1 saturated carbocycles. The standard InChI is InChI=1S/C11H20N4/c1-2-7-12-10(9-5-3-4-6-9)11-13-8-14-15-11/h8-10,12H,2-7H2,1H3,(H,13,14,15). The Morgan fingerprint density at radius 1 is 1.53 bits per heavy atom. The van der Waals surface area contributed by atoms with Crippen molar-refractivity contribution in [3.05, 3.63) is 12.2 Å². The van der Waals surface area contributed by atoms with Crippen LogP contribution in [0.15, 0.2) is 6.33 Å². The molecule has 1 aliphatic carbocycles. The molecule has 1 unspecified atom stereocenters. The summed E-state index contributed by atoms with van der Waals surface area (Å²) in [6.45, 7) is 3.25. The molecule has 4 heteroatoms. The van der Waals surface area contributed by atoms with Crippen molar-refractivity contribution < 1.29 is 0 Å². The average Bonchev–Trinajstić information content (AvgIpc) is 2.90. The Hall–Kier alpha value is -0.900. The molecule has 0 radical (unpaired) electrons. The second-order valence-corrected chi connectivity index (χ2v) is 4.35. The largest absolute Gasteiger partial charge is 0.307 e. The maximum atomic E-state index is 4.28. The van der Waals surface area contributed by atoms with Crippen LogP contribution >= 0.6 is 0 Å². The number of H-pyrrole nitrogens is 1. The van der Waals surface area contributed by atoms with Gasteiger partial charge in [0.2, 0.25) is 0 Å². The zero-order chi connectivity index (χ0) is 10.5. The van der Waals surface area contributed by atoms with E-state index in [9.17, 15) is 0 Å². The monoisotopic (exact) mass is 208 g/mol. The Labute approximate surface area is 90.9 Å². The summed E-state index contributed by atoms with van der Waals surface area (Å²) in [6.07, 6.45) is 8.14. The molecule has 2 rings (SSSR count). The van der Waals surface area contributed by atoms with Crippen LogP contribution in [0.2, 0.25) is 0 Å². The number of rotatable bonds is 5. The van der Waals surface area contributed by atoms with Crippen LogP contribution in [-0.2, 0) is 0 Å². The smallest absolute Gasteiger partial charge is 0.141 e. The van der Waals surface area contributed by atoms with Gasteiger partial charge in [0.25, 0.3) is 0 Å². The van der Waals surface area contributed by atoms with Crippen molar-refractivity contribution in [2.24, 2.45) is 5.92 Å². The molecule has 0 saturated heterocycles. The van der Waals surface area contributed by atoms with E-state index in [-0.39, 0.29) is 0 Å². The van der Waals surface area contributed by atoms with Crippen LogP contribution in [0, 0.1) is 5.92 Å². The maximum absolute atomic E-state index is 4.28. The van der Waals surface area contributed by atoms with Crippen LogP contribution in [0.25, 0.3) is 0 Å². The highest BCUT2D eigenvalue weighted by atomic mass is 15.2. The normalized spacial score (nSPS) is 19.5. The molecule has 0 amide bonds. The van der Waals surface area contributed by atoms with E-state index in [2.05, 4.69) is 27.4 Å². The van der Waals surface area contributed by atoms with Crippen LogP contribution in [0.1, 0.15) is 50.9 Å². The van der Waals surface area contributed by atoms with E-state index in [1.807, 2.05) is 0 Å². The van der Waals surface area contributed by atoms with Gasteiger partial charge in [-0.05, 0) is 31.7 Å². The predicted molar refractivity (Wildman–Crippen MR) is 59.4 cm³/mol. The third kappa shape index (κ3) is 2.56. The number of hydrogen-bond donors (Lipinski definition) is 2. The van der Waals surface area contributed by atoms with Gasteiger partial charge in [0, 0.05) is 0 Å². The van der Waals surface area contributed by atoms with E-state index in [1.54, 1.807) is 6.33 Å². The van der Waals surface area contributed by atoms with Gasteiger partial charge in [-0.3, -0.25) is 5.10 Å². The number of aromatic nitrogens is 3. The minimum absolute atomic E-state index is 0.384. The van der Waals surface area contributed by atoms with E-state index in [4.69, 9.17) is 0 Å². The van der Waals surface area contributed by atoms with Crippen molar-refractivity contribution in [3.8, 4) is 0 Å². The number of nitrogens with zero attached hydrogens (tertiary/aromatic N) is 2. The molecular weight excluding hydrogens is 188 g/mol. The fourth-order valence-electron chi connectivity index (χ4n) is 2.44. The lowest BCUT2D eigenvalue weighted by atomic mass is 9.97. The van der Waals surface area contributed by atoms with E-state index >= 15 is 0 Å². The lowest BCUT2D eigenvalue weighted by Gasteiger charge is -2.22. The summed E-state index contributed by atoms with van der Waals surface area (Å²) in [6, 6.07) is 0.384. The summed E-state index contributed by atoms with van der Waals surface area (Å²) >= 11 is 0. The van der Waals surface area contributed by atoms with Gasteiger partial charge in [-0.25, -0.2) is 4.98 Å². The summed E-state index contributed by atoms with van der Waals surface area (Å²) in [7, 11) is 0. The first-order chi connectivity index (χ1) is 7.42. The molecule has 0 spiro atoms. The van der Waals surface area contributed by atoms with E-state index in [0.717, 1.165) is 24.7 Å². The van der Waals surface area contributed by atoms with Crippen LogP contribution in [0.3, 0.4) is 0 Å². The quantitative estimate of drug-likeness (QED) is 0.778. The number of aromatic amines is 1. The van der Waals surface area contributed by atoms with Gasteiger partial charge in [-0.1, -0.05) is 19.8 Å². The van der Waals surface area contributed by atoms with Gasteiger partial charge in [-0.2, -0.15) is 5.10 Å². The highest BCUT2D eigenvalue weighted by molar-refractivity contribution is 4.96. The summed E-state index contributed by atoms with van der Waals surface area (Å²) < 4.78 is 0. The topological polar surface area (TPSA) is 53.6 Å². The molecular formula is C11H20N4. The zero-order valence-corrected chi connectivity index (χ0v) is 9.37. The molecule has 1 atom stereocenters. The lowest BCUT2D eigenvalue weighted by molar-refractivity contribution is 0.354. The SMILES string of the molecule is CCCNC(c1ncn[nH]1)C1CCCC1. The fourth-order valence-corrected chi connectivity index (χ4v) is 2.44. The van der Waals surface area contributed by atoms with Crippen molar-refractivity contribution >= 4 is 0 Å². The first kappa shape index (κ1) is 10.6. The highest BCUT2D eigenvalue weighted by Crippen LogP contribution is 2.34. The van der Waals surface area contributed by atoms with Crippen LogP contribution < -0.4 is 5.32 Å². The van der Waals surface area contributed by atoms with Crippen LogP contribution in [0.5, 0.6) is 0 Å². The van der Waals surface area contributed by atoms with Gasteiger partial charge in [-0.15, -0.1) is 0 Å².